The Morgan fingerprint density at radius 1 is 1.08 bits per heavy atom. The van der Waals surface area contributed by atoms with E-state index >= 15 is 0 Å². The van der Waals surface area contributed by atoms with Crippen molar-refractivity contribution in [2.75, 3.05) is 43.5 Å². The second-order valence-electron chi connectivity index (χ2n) is 9.91. The Labute approximate surface area is 227 Å². The lowest BCUT2D eigenvalue weighted by molar-refractivity contribution is -0.137. The van der Waals surface area contributed by atoms with Gasteiger partial charge in [-0.3, -0.25) is 19.4 Å². The van der Waals surface area contributed by atoms with E-state index in [-0.39, 0.29) is 24.3 Å². The van der Waals surface area contributed by atoms with Gasteiger partial charge in [-0.1, -0.05) is 25.3 Å². The first-order valence-corrected chi connectivity index (χ1v) is 13.3. The van der Waals surface area contributed by atoms with Gasteiger partial charge in [-0.25, -0.2) is 4.79 Å². The van der Waals surface area contributed by atoms with Gasteiger partial charge in [0.25, 0.3) is 5.91 Å². The third-order valence-corrected chi connectivity index (χ3v) is 7.32. The molecule has 11 heteroatoms. The topological polar surface area (TPSA) is 141 Å². The molecule has 0 spiro atoms. The summed E-state index contributed by atoms with van der Waals surface area (Å²) >= 11 is 0. The molecular weight excluding hydrogens is 502 g/mol. The molecule has 3 N–H and O–H groups in total. The van der Waals surface area contributed by atoms with Crippen LogP contribution in [0.2, 0.25) is 0 Å². The summed E-state index contributed by atoms with van der Waals surface area (Å²) in [7, 11) is 1.35. The summed E-state index contributed by atoms with van der Waals surface area (Å²) in [5.41, 5.74) is 2.15. The van der Waals surface area contributed by atoms with Gasteiger partial charge in [0, 0.05) is 50.1 Å². The van der Waals surface area contributed by atoms with Crippen molar-refractivity contribution in [1.29, 1.82) is 0 Å². The predicted molar refractivity (Wildman–Crippen MR) is 145 cm³/mol. The highest BCUT2D eigenvalue weighted by molar-refractivity contribution is 6.00. The normalized spacial score (nSPS) is 16.7. The van der Waals surface area contributed by atoms with Crippen molar-refractivity contribution >= 4 is 35.3 Å². The number of methoxy groups -OCH3 is 1. The fraction of sp³-hybridized carbons (Fsp3) is 0.464. The molecule has 1 saturated carbocycles. The van der Waals surface area contributed by atoms with Gasteiger partial charge in [-0.2, -0.15) is 0 Å². The number of rotatable bonds is 8. The molecule has 1 atom stereocenters. The standard InChI is InChI=1S/C28H35N5O6/c1-39-28(38)33-14-12-32(13-15-33)24-10-9-20(16-23(24)31-26(36)19-6-3-2-4-7-19)27(37)30-22(17-25(34)35)21-8-5-11-29-18-21/h5,8-11,16,18-19,22H,2-4,6-7,12-15,17H2,1H3,(H,30,37)(H,31,36)(H,34,35). The minimum atomic E-state index is -1.05. The minimum absolute atomic E-state index is 0.0687. The number of hydrogen-bond donors (Lipinski definition) is 3. The number of carboxylic acids is 1. The van der Waals surface area contributed by atoms with E-state index in [1.165, 1.54) is 13.3 Å². The molecule has 1 unspecified atom stereocenters. The highest BCUT2D eigenvalue weighted by Crippen LogP contribution is 2.31. The molecule has 3 amide bonds. The van der Waals surface area contributed by atoms with Gasteiger partial charge >= 0.3 is 12.1 Å². The minimum Gasteiger partial charge on any atom is -0.481 e. The molecule has 0 bridgehead atoms. The molecule has 1 aromatic carbocycles. The smallest absolute Gasteiger partial charge is 0.409 e. The van der Waals surface area contributed by atoms with Crippen molar-refractivity contribution in [1.82, 2.24) is 15.2 Å². The van der Waals surface area contributed by atoms with Crippen LogP contribution in [-0.4, -0.2) is 72.2 Å². The molecule has 208 valence electrons. The molecule has 0 radical (unpaired) electrons. The largest absolute Gasteiger partial charge is 0.481 e. The Morgan fingerprint density at radius 3 is 2.46 bits per heavy atom. The van der Waals surface area contributed by atoms with Gasteiger partial charge in [0.05, 0.1) is 30.9 Å². The van der Waals surface area contributed by atoms with Gasteiger partial charge in [0.1, 0.15) is 0 Å². The summed E-state index contributed by atoms with van der Waals surface area (Å²) in [4.78, 5) is 57.6. The van der Waals surface area contributed by atoms with Crippen LogP contribution in [0.25, 0.3) is 0 Å². The van der Waals surface area contributed by atoms with Crippen molar-refractivity contribution in [3.63, 3.8) is 0 Å². The lowest BCUT2D eigenvalue weighted by Crippen LogP contribution is -2.49. The number of hydrogen-bond acceptors (Lipinski definition) is 7. The van der Waals surface area contributed by atoms with Crippen LogP contribution in [0.15, 0.2) is 42.7 Å². The Hall–Kier alpha value is -4.15. The number of anilines is 2. The maximum atomic E-state index is 13.3. The number of aromatic nitrogens is 1. The van der Waals surface area contributed by atoms with Gasteiger partial charge in [0.15, 0.2) is 0 Å². The number of pyridine rings is 1. The van der Waals surface area contributed by atoms with E-state index in [1.54, 1.807) is 41.4 Å². The Kier molecular flexibility index (Phi) is 9.35. The van der Waals surface area contributed by atoms with Crippen LogP contribution in [0.5, 0.6) is 0 Å². The van der Waals surface area contributed by atoms with Gasteiger partial charge in [-0.15, -0.1) is 0 Å². The second-order valence-corrected chi connectivity index (χ2v) is 9.91. The number of nitrogens with zero attached hydrogens (tertiary/aromatic N) is 3. The van der Waals surface area contributed by atoms with Gasteiger partial charge in [0.2, 0.25) is 5.91 Å². The average molecular weight is 538 g/mol. The van der Waals surface area contributed by atoms with Crippen molar-refractivity contribution in [2.24, 2.45) is 5.92 Å². The number of ether oxygens (including phenoxy) is 1. The number of piperazine rings is 1. The van der Waals surface area contributed by atoms with E-state index in [2.05, 4.69) is 20.5 Å². The van der Waals surface area contributed by atoms with Crippen molar-refractivity contribution in [2.45, 2.75) is 44.6 Å². The highest BCUT2D eigenvalue weighted by Gasteiger charge is 2.27. The fourth-order valence-electron chi connectivity index (χ4n) is 5.16. The Bertz CT molecular complexity index is 1180. The van der Waals surface area contributed by atoms with E-state index in [9.17, 15) is 24.3 Å². The zero-order valence-electron chi connectivity index (χ0n) is 22.1. The number of carbonyl (C=O) groups is 4. The number of benzene rings is 1. The first-order valence-electron chi connectivity index (χ1n) is 13.3. The zero-order valence-corrected chi connectivity index (χ0v) is 22.1. The lowest BCUT2D eigenvalue weighted by Gasteiger charge is -2.36. The number of aliphatic carboxylic acids is 1. The molecule has 2 heterocycles. The third kappa shape index (κ3) is 7.24. The molecule has 39 heavy (non-hydrogen) atoms. The molecule has 1 aliphatic carbocycles. The number of carboxylic acid groups (broad SMARTS) is 1. The summed E-state index contributed by atoms with van der Waals surface area (Å²) in [5.74, 6) is -1.65. The van der Waals surface area contributed by atoms with Crippen LogP contribution < -0.4 is 15.5 Å². The van der Waals surface area contributed by atoms with Crippen LogP contribution >= 0.6 is 0 Å². The predicted octanol–water partition coefficient (Wildman–Crippen LogP) is 3.43. The molecule has 1 aromatic heterocycles. The fourth-order valence-corrected chi connectivity index (χ4v) is 5.16. The molecule has 1 aliphatic heterocycles. The van der Waals surface area contributed by atoms with E-state index in [0.717, 1.165) is 37.8 Å². The maximum absolute atomic E-state index is 13.3. The first-order chi connectivity index (χ1) is 18.9. The summed E-state index contributed by atoms with van der Waals surface area (Å²) in [6.45, 7) is 2.00. The molecule has 2 aromatic rings. The van der Waals surface area contributed by atoms with Crippen LogP contribution in [-0.2, 0) is 14.3 Å². The molecular formula is C28H35N5O6. The molecule has 2 fully saturated rings. The Balaban J connectivity index is 1.57. The van der Waals surface area contributed by atoms with E-state index < -0.39 is 17.9 Å². The van der Waals surface area contributed by atoms with E-state index in [1.807, 2.05) is 0 Å². The highest BCUT2D eigenvalue weighted by atomic mass is 16.5. The van der Waals surface area contributed by atoms with Crippen LogP contribution in [0, 0.1) is 5.92 Å². The summed E-state index contributed by atoms with van der Waals surface area (Å²) < 4.78 is 4.83. The summed E-state index contributed by atoms with van der Waals surface area (Å²) in [5, 5.41) is 15.3. The number of amides is 3. The molecule has 2 aliphatic rings. The second kappa shape index (κ2) is 13.1. The van der Waals surface area contributed by atoms with E-state index in [0.29, 0.717) is 43.0 Å². The molecule has 11 nitrogen and oxygen atoms in total. The van der Waals surface area contributed by atoms with E-state index in [4.69, 9.17) is 4.74 Å². The van der Waals surface area contributed by atoms with Crippen molar-refractivity contribution < 1.29 is 29.0 Å². The van der Waals surface area contributed by atoms with Gasteiger partial charge in [-0.05, 0) is 42.7 Å². The van der Waals surface area contributed by atoms with Gasteiger partial charge < -0.3 is 30.3 Å². The zero-order chi connectivity index (χ0) is 27.8. The SMILES string of the molecule is COC(=O)N1CCN(c2ccc(C(=O)NC(CC(=O)O)c3cccnc3)cc2NC(=O)C2CCCCC2)CC1. The van der Waals surface area contributed by atoms with Crippen LogP contribution in [0.3, 0.4) is 0 Å². The first kappa shape index (κ1) is 27.9. The van der Waals surface area contributed by atoms with Crippen molar-refractivity contribution in [3.05, 3.63) is 53.9 Å². The molecule has 1 saturated heterocycles. The maximum Gasteiger partial charge on any atom is 0.409 e. The summed E-state index contributed by atoms with van der Waals surface area (Å²) in [6.07, 6.45) is 7.26. The van der Waals surface area contributed by atoms with Crippen molar-refractivity contribution in [3.8, 4) is 0 Å². The van der Waals surface area contributed by atoms with Crippen LogP contribution in [0.1, 0.15) is 60.5 Å². The average Bonchev–Trinajstić information content (AvgIpc) is 2.97. The summed E-state index contributed by atoms with van der Waals surface area (Å²) in [6, 6.07) is 7.72. The van der Waals surface area contributed by atoms with Crippen LogP contribution in [0.4, 0.5) is 16.2 Å². The third-order valence-electron chi connectivity index (χ3n) is 7.32. The number of carbonyl (C=O) groups excluding carboxylic acids is 3. The quantitative estimate of drug-likeness (QED) is 0.465. The Morgan fingerprint density at radius 2 is 1.82 bits per heavy atom. The lowest BCUT2D eigenvalue weighted by atomic mass is 9.88. The monoisotopic (exact) mass is 537 g/mol. The number of nitrogens with one attached hydrogen (secondary N) is 2. The molecule has 4 rings (SSSR count).